The average Bonchev–Trinajstić information content (AvgIpc) is 3.09. The number of hydrogen-bond acceptors (Lipinski definition) is 0. The Bertz CT molecular complexity index is 524. The maximum absolute atomic E-state index is 2.54. The monoisotopic (exact) mass is 266 g/mol. The number of rotatable bonds is 3. The zero-order valence-corrected chi connectivity index (χ0v) is 12.6. The lowest BCUT2D eigenvalue weighted by Gasteiger charge is -2.24. The molecule has 0 aromatic rings. The van der Waals surface area contributed by atoms with E-state index in [4.69, 9.17) is 0 Å². The van der Waals surface area contributed by atoms with E-state index in [1.165, 1.54) is 70.6 Å². The van der Waals surface area contributed by atoms with Gasteiger partial charge in [-0.2, -0.15) is 0 Å². The smallest absolute Gasteiger partial charge is 0.00133 e. The van der Waals surface area contributed by atoms with Crippen LogP contribution in [0, 0.1) is 5.92 Å². The van der Waals surface area contributed by atoms with E-state index in [9.17, 15) is 0 Å². The molecule has 106 valence electrons. The summed E-state index contributed by atoms with van der Waals surface area (Å²) >= 11 is 0. The summed E-state index contributed by atoms with van der Waals surface area (Å²) in [5, 5.41) is 0. The molecular weight excluding hydrogens is 240 g/mol. The van der Waals surface area contributed by atoms with Crippen LogP contribution >= 0.6 is 0 Å². The van der Waals surface area contributed by atoms with Crippen LogP contribution in [-0.2, 0) is 0 Å². The first-order chi connectivity index (χ1) is 9.92. The van der Waals surface area contributed by atoms with Crippen LogP contribution in [0.3, 0.4) is 0 Å². The van der Waals surface area contributed by atoms with Gasteiger partial charge in [0.05, 0.1) is 0 Å². The summed E-state index contributed by atoms with van der Waals surface area (Å²) in [5.74, 6) is 0.838. The molecule has 4 aliphatic carbocycles. The van der Waals surface area contributed by atoms with Crippen molar-refractivity contribution >= 4 is 0 Å². The van der Waals surface area contributed by atoms with Crippen LogP contribution in [0.2, 0.25) is 0 Å². The van der Waals surface area contributed by atoms with Crippen molar-refractivity contribution in [1.82, 2.24) is 0 Å². The molecule has 0 aromatic carbocycles. The molecule has 1 saturated carbocycles. The van der Waals surface area contributed by atoms with Crippen LogP contribution in [0.5, 0.6) is 0 Å². The van der Waals surface area contributed by atoms with Gasteiger partial charge in [0.2, 0.25) is 0 Å². The summed E-state index contributed by atoms with van der Waals surface area (Å²) in [4.78, 5) is 0. The normalized spacial score (nSPS) is 28.8. The molecule has 20 heavy (non-hydrogen) atoms. The van der Waals surface area contributed by atoms with E-state index < -0.39 is 0 Å². The quantitative estimate of drug-likeness (QED) is 0.585. The third kappa shape index (κ3) is 2.24. The molecule has 0 saturated heterocycles. The lowest BCUT2D eigenvalue weighted by molar-refractivity contribution is 0.498. The molecule has 0 nitrogen and oxygen atoms in total. The summed E-state index contributed by atoms with van der Waals surface area (Å²) in [7, 11) is 0. The van der Waals surface area contributed by atoms with Gasteiger partial charge in [-0.25, -0.2) is 0 Å². The van der Waals surface area contributed by atoms with E-state index in [-0.39, 0.29) is 0 Å². The van der Waals surface area contributed by atoms with Gasteiger partial charge in [-0.15, -0.1) is 0 Å². The minimum Gasteiger partial charge on any atom is -0.0769 e. The molecule has 1 fully saturated rings. The minimum atomic E-state index is 0.838. The molecule has 0 aliphatic heterocycles. The first-order valence-corrected chi connectivity index (χ1v) is 8.71. The van der Waals surface area contributed by atoms with Gasteiger partial charge in [0, 0.05) is 5.92 Å². The standard InChI is InChI=1S/C20H26/c1-3-7-19-15(5-1)9-11-17(19)13-14-18-12-10-16-6-2-4-8-20(16)18/h9,11-12,19H,1-8,10,13-14H2. The number of hydrogen-bond donors (Lipinski definition) is 0. The van der Waals surface area contributed by atoms with Gasteiger partial charge in [0.25, 0.3) is 0 Å². The molecule has 0 amide bonds. The third-order valence-electron chi connectivity index (χ3n) is 5.86. The van der Waals surface area contributed by atoms with Crippen molar-refractivity contribution in [2.75, 3.05) is 0 Å². The molecule has 0 bridgehead atoms. The maximum Gasteiger partial charge on any atom is 0.00133 e. The maximum atomic E-state index is 2.54. The fourth-order valence-electron chi connectivity index (χ4n) is 4.73. The fraction of sp³-hybridized carbons (Fsp3) is 0.600. The Hall–Kier alpha value is -1.04. The number of fused-ring (bicyclic) bond motifs is 1. The summed E-state index contributed by atoms with van der Waals surface area (Å²) in [6.07, 6.45) is 22.6. The predicted molar refractivity (Wildman–Crippen MR) is 85.6 cm³/mol. The summed E-state index contributed by atoms with van der Waals surface area (Å²) < 4.78 is 0. The Morgan fingerprint density at radius 3 is 2.80 bits per heavy atom. The highest BCUT2D eigenvalue weighted by Gasteiger charge is 2.26. The first kappa shape index (κ1) is 12.7. The van der Waals surface area contributed by atoms with E-state index in [2.05, 4.69) is 18.2 Å². The van der Waals surface area contributed by atoms with E-state index >= 15 is 0 Å². The predicted octanol–water partition coefficient (Wildman–Crippen LogP) is 6.02. The zero-order valence-electron chi connectivity index (χ0n) is 12.6. The van der Waals surface area contributed by atoms with Crippen LogP contribution in [-0.4, -0.2) is 0 Å². The lowest BCUT2D eigenvalue weighted by Crippen LogP contribution is -2.09. The average molecular weight is 266 g/mol. The summed E-state index contributed by atoms with van der Waals surface area (Å²) in [5.41, 5.74) is 8.74. The zero-order chi connectivity index (χ0) is 13.4. The Balaban J connectivity index is 1.39. The molecule has 0 radical (unpaired) electrons. The van der Waals surface area contributed by atoms with Gasteiger partial charge < -0.3 is 0 Å². The lowest BCUT2D eigenvalue weighted by atomic mass is 9.80. The minimum absolute atomic E-state index is 0.838. The largest absolute Gasteiger partial charge is 0.0769 e. The van der Waals surface area contributed by atoms with Crippen molar-refractivity contribution in [3.63, 3.8) is 0 Å². The topological polar surface area (TPSA) is 0 Å². The fourth-order valence-corrected chi connectivity index (χ4v) is 4.73. The Labute approximate surface area is 123 Å². The first-order valence-electron chi connectivity index (χ1n) is 8.71. The second kappa shape index (κ2) is 5.39. The van der Waals surface area contributed by atoms with Crippen molar-refractivity contribution in [2.45, 2.75) is 70.6 Å². The van der Waals surface area contributed by atoms with Crippen molar-refractivity contribution in [2.24, 2.45) is 5.92 Å². The van der Waals surface area contributed by atoms with Crippen LogP contribution < -0.4 is 0 Å². The van der Waals surface area contributed by atoms with Gasteiger partial charge in [0.1, 0.15) is 0 Å². The number of allylic oxidation sites excluding steroid dienone is 8. The van der Waals surface area contributed by atoms with E-state index in [1.807, 2.05) is 0 Å². The third-order valence-corrected chi connectivity index (χ3v) is 5.86. The second-order valence-corrected chi connectivity index (χ2v) is 7.00. The highest BCUT2D eigenvalue weighted by atomic mass is 14.3. The van der Waals surface area contributed by atoms with Crippen LogP contribution in [0.25, 0.3) is 0 Å². The Morgan fingerprint density at radius 1 is 0.900 bits per heavy atom. The molecule has 0 heteroatoms. The van der Waals surface area contributed by atoms with E-state index in [0.717, 1.165) is 5.92 Å². The molecule has 1 unspecified atom stereocenters. The van der Waals surface area contributed by atoms with Crippen molar-refractivity contribution in [3.8, 4) is 0 Å². The molecule has 0 N–H and O–H groups in total. The van der Waals surface area contributed by atoms with Gasteiger partial charge in [-0.3, -0.25) is 0 Å². The van der Waals surface area contributed by atoms with Crippen LogP contribution in [0.4, 0.5) is 0 Å². The molecule has 0 spiro atoms. The molecule has 0 heterocycles. The Morgan fingerprint density at radius 2 is 1.80 bits per heavy atom. The SMILES string of the molecule is C1=C(CCC2=CC=C3CCCCC32)C2=C(C1)CCCC2. The van der Waals surface area contributed by atoms with Crippen molar-refractivity contribution in [1.29, 1.82) is 0 Å². The summed E-state index contributed by atoms with van der Waals surface area (Å²) in [6.45, 7) is 0. The van der Waals surface area contributed by atoms with Crippen molar-refractivity contribution in [3.05, 3.63) is 46.1 Å². The van der Waals surface area contributed by atoms with Gasteiger partial charge in [0.15, 0.2) is 0 Å². The van der Waals surface area contributed by atoms with Crippen LogP contribution in [0.15, 0.2) is 46.1 Å². The molecule has 1 atom stereocenters. The highest BCUT2D eigenvalue weighted by Crippen LogP contribution is 2.43. The molecule has 4 aliphatic rings. The second-order valence-electron chi connectivity index (χ2n) is 7.00. The molecular formula is C20H26. The van der Waals surface area contributed by atoms with E-state index in [0.29, 0.717) is 0 Å². The van der Waals surface area contributed by atoms with Crippen molar-refractivity contribution < 1.29 is 0 Å². The van der Waals surface area contributed by atoms with Gasteiger partial charge >= 0.3 is 0 Å². The van der Waals surface area contributed by atoms with Crippen LogP contribution in [0.1, 0.15) is 70.6 Å². The van der Waals surface area contributed by atoms with Gasteiger partial charge in [-0.05, 0) is 75.4 Å². The Kier molecular flexibility index (Phi) is 3.42. The molecule has 0 aromatic heterocycles. The molecule has 4 rings (SSSR count). The summed E-state index contributed by atoms with van der Waals surface area (Å²) in [6, 6.07) is 0. The van der Waals surface area contributed by atoms with Gasteiger partial charge in [-0.1, -0.05) is 41.4 Å². The highest BCUT2D eigenvalue weighted by molar-refractivity contribution is 5.44. The van der Waals surface area contributed by atoms with E-state index in [1.54, 1.807) is 27.9 Å².